The highest BCUT2D eigenvalue weighted by Gasteiger charge is 2.45. The molecular formula is C17H30FN3O3. The van der Waals surface area contributed by atoms with Gasteiger partial charge in [-0.2, -0.15) is 0 Å². The third-order valence-electron chi connectivity index (χ3n) is 3.49. The van der Waals surface area contributed by atoms with Crippen molar-refractivity contribution in [3.63, 3.8) is 0 Å². The smallest absolute Gasteiger partial charge is 0.412 e. The molecule has 0 bridgehead atoms. The van der Waals surface area contributed by atoms with Crippen molar-refractivity contribution in [2.75, 3.05) is 13.2 Å². The summed E-state index contributed by atoms with van der Waals surface area (Å²) in [6.07, 6.45) is 1.58. The van der Waals surface area contributed by atoms with Gasteiger partial charge in [-0.25, -0.2) is 9.18 Å². The van der Waals surface area contributed by atoms with Gasteiger partial charge in [0.05, 0.1) is 24.3 Å². The van der Waals surface area contributed by atoms with Gasteiger partial charge in [0.25, 0.3) is 0 Å². The zero-order valence-electron chi connectivity index (χ0n) is 15.6. The van der Waals surface area contributed by atoms with Crippen LogP contribution < -0.4 is 5.73 Å². The first-order valence-electron chi connectivity index (χ1n) is 8.20. The second-order valence-electron chi connectivity index (χ2n) is 7.42. The zero-order chi connectivity index (χ0) is 18.5. The van der Waals surface area contributed by atoms with Crippen LogP contribution in [0.4, 0.5) is 9.18 Å². The number of rotatable bonds is 5. The van der Waals surface area contributed by atoms with E-state index >= 15 is 0 Å². The Labute approximate surface area is 143 Å². The molecule has 0 spiro atoms. The Hall–Kier alpha value is -1.63. The fourth-order valence-corrected chi connectivity index (χ4v) is 2.44. The summed E-state index contributed by atoms with van der Waals surface area (Å²) in [4.78, 5) is 18.0. The second-order valence-corrected chi connectivity index (χ2v) is 7.42. The van der Waals surface area contributed by atoms with E-state index in [1.165, 1.54) is 6.08 Å². The molecular weight excluding hydrogens is 313 g/mol. The van der Waals surface area contributed by atoms with Crippen molar-refractivity contribution in [1.29, 1.82) is 0 Å². The summed E-state index contributed by atoms with van der Waals surface area (Å²) in [5, 5.41) is 0. The minimum Gasteiger partial charge on any atom is -0.444 e. The number of aliphatic imine (C=N–C) groups is 1. The normalized spacial score (nSPS) is 22.0. The lowest BCUT2D eigenvalue weighted by Gasteiger charge is -2.34. The summed E-state index contributed by atoms with van der Waals surface area (Å²) in [7, 11) is 0. The topological polar surface area (TPSA) is 77.2 Å². The van der Waals surface area contributed by atoms with Crippen molar-refractivity contribution in [2.24, 2.45) is 10.7 Å². The van der Waals surface area contributed by atoms with Crippen LogP contribution in [0.25, 0.3) is 0 Å². The van der Waals surface area contributed by atoms with Crippen LogP contribution in [0.2, 0.25) is 0 Å². The van der Waals surface area contributed by atoms with Crippen LogP contribution >= 0.6 is 0 Å². The molecule has 1 fully saturated rings. The number of ether oxygens (including phenoxy) is 2. The van der Waals surface area contributed by atoms with Crippen molar-refractivity contribution >= 4 is 11.9 Å². The number of halogens is 1. The Bertz CT molecular complexity index is 506. The van der Waals surface area contributed by atoms with E-state index in [1.807, 2.05) is 20.8 Å². The molecule has 0 aromatic heterocycles. The summed E-state index contributed by atoms with van der Waals surface area (Å²) < 4.78 is 25.0. The molecule has 1 heterocycles. The van der Waals surface area contributed by atoms with E-state index in [4.69, 9.17) is 15.2 Å². The number of hydrogen-bond acceptors (Lipinski definition) is 4. The second kappa shape index (κ2) is 7.96. The van der Waals surface area contributed by atoms with Crippen LogP contribution in [0.1, 0.15) is 54.4 Å². The molecule has 0 aliphatic carbocycles. The van der Waals surface area contributed by atoms with Crippen LogP contribution in [0, 0.1) is 0 Å². The molecule has 6 nitrogen and oxygen atoms in total. The van der Waals surface area contributed by atoms with E-state index in [9.17, 15) is 9.18 Å². The van der Waals surface area contributed by atoms with E-state index in [0.29, 0.717) is 25.4 Å². The Morgan fingerprint density at radius 2 is 2.12 bits per heavy atom. The van der Waals surface area contributed by atoms with Crippen LogP contribution in [0.15, 0.2) is 16.9 Å². The maximum absolute atomic E-state index is 13.9. The molecule has 0 aromatic rings. The number of amides is 1. The molecule has 24 heavy (non-hydrogen) atoms. The lowest BCUT2D eigenvalue weighted by molar-refractivity contribution is -0.0623. The van der Waals surface area contributed by atoms with Crippen molar-refractivity contribution < 1.29 is 18.7 Å². The van der Waals surface area contributed by atoms with Gasteiger partial charge in [-0.15, -0.1) is 0 Å². The zero-order valence-corrected chi connectivity index (χ0v) is 15.6. The molecule has 1 atom stereocenters. The Balaban J connectivity index is 2.72. The molecule has 0 aromatic carbocycles. The Morgan fingerprint density at radius 3 is 2.67 bits per heavy atom. The van der Waals surface area contributed by atoms with Crippen LogP contribution in [-0.2, 0) is 9.47 Å². The molecule has 1 aliphatic rings. The van der Waals surface area contributed by atoms with Crippen LogP contribution in [0.5, 0.6) is 0 Å². The number of carbonyl (C=O) groups excluding carboxylic acids is 1. The fourth-order valence-electron chi connectivity index (χ4n) is 2.44. The van der Waals surface area contributed by atoms with Gasteiger partial charge < -0.3 is 15.2 Å². The van der Waals surface area contributed by atoms with Crippen molar-refractivity contribution in [1.82, 2.24) is 4.90 Å². The molecule has 2 N–H and O–H groups in total. The van der Waals surface area contributed by atoms with E-state index in [1.54, 1.807) is 25.7 Å². The highest BCUT2D eigenvalue weighted by atomic mass is 19.1. The predicted molar refractivity (Wildman–Crippen MR) is 92.5 cm³/mol. The van der Waals surface area contributed by atoms with Gasteiger partial charge in [0.2, 0.25) is 0 Å². The number of hydrogen-bond donors (Lipinski definition) is 1. The van der Waals surface area contributed by atoms with Gasteiger partial charge in [0, 0.05) is 13.0 Å². The summed E-state index contributed by atoms with van der Waals surface area (Å²) in [6, 6.07) is -0.264. The highest BCUT2D eigenvalue weighted by Crippen LogP contribution is 2.31. The summed E-state index contributed by atoms with van der Waals surface area (Å²) in [5.74, 6) is 0.165. The van der Waals surface area contributed by atoms with Crippen molar-refractivity contribution in [3.05, 3.63) is 11.9 Å². The average Bonchev–Trinajstić information content (AvgIpc) is 2.69. The van der Waals surface area contributed by atoms with Crippen molar-refractivity contribution in [2.45, 2.75) is 71.8 Å². The van der Waals surface area contributed by atoms with Gasteiger partial charge in [0.15, 0.2) is 0 Å². The molecule has 0 radical (unpaired) electrons. The maximum Gasteiger partial charge on any atom is 0.412 e. The first-order valence-corrected chi connectivity index (χ1v) is 8.20. The first kappa shape index (κ1) is 20.4. The minimum atomic E-state index is -0.779. The number of nitrogens with two attached hydrogens (primary N) is 1. The SMILES string of the molecule is CC(N)=NCCC(F)=CC[C@H]1COC(C)(C)N1C(=O)OC(C)(C)C. The Morgan fingerprint density at radius 1 is 1.50 bits per heavy atom. The van der Waals surface area contributed by atoms with E-state index < -0.39 is 17.4 Å². The van der Waals surface area contributed by atoms with E-state index in [0.717, 1.165) is 0 Å². The molecule has 7 heteroatoms. The first-order chi connectivity index (χ1) is 10.9. The largest absolute Gasteiger partial charge is 0.444 e. The van der Waals surface area contributed by atoms with Gasteiger partial charge in [-0.1, -0.05) is 6.08 Å². The maximum atomic E-state index is 13.9. The molecule has 0 unspecified atom stereocenters. The van der Waals surface area contributed by atoms with Crippen LogP contribution in [0.3, 0.4) is 0 Å². The Kier molecular flexibility index (Phi) is 6.77. The number of amidine groups is 1. The molecule has 1 aliphatic heterocycles. The minimum absolute atomic E-state index is 0.192. The predicted octanol–water partition coefficient (Wildman–Crippen LogP) is 3.37. The number of carbonyl (C=O) groups is 1. The lowest BCUT2D eigenvalue weighted by Crippen LogP contribution is -2.49. The number of nitrogens with zero attached hydrogens (tertiary/aromatic N) is 2. The third kappa shape index (κ3) is 6.47. The quantitative estimate of drug-likeness (QED) is 0.613. The van der Waals surface area contributed by atoms with E-state index in [-0.39, 0.29) is 18.3 Å². The fraction of sp³-hybridized carbons (Fsp3) is 0.765. The summed E-state index contributed by atoms with van der Waals surface area (Å²) in [5.41, 5.74) is 4.04. The molecule has 138 valence electrons. The van der Waals surface area contributed by atoms with E-state index in [2.05, 4.69) is 4.99 Å². The van der Waals surface area contributed by atoms with Gasteiger partial charge in [0.1, 0.15) is 11.3 Å². The standard InChI is InChI=1S/C17H30FN3O3/c1-12(19)20-10-9-13(18)7-8-14-11-23-17(5,6)21(14)15(22)24-16(2,3)4/h7,14H,8-11H2,1-6H3,(H2,19,20)/t14-/m0/s1. The molecule has 1 saturated heterocycles. The van der Waals surface area contributed by atoms with Crippen LogP contribution in [-0.4, -0.2) is 47.3 Å². The molecule has 1 rings (SSSR count). The molecule has 1 amide bonds. The van der Waals surface area contributed by atoms with Gasteiger partial charge >= 0.3 is 6.09 Å². The van der Waals surface area contributed by atoms with Gasteiger partial charge in [-0.05, 0) is 48.0 Å². The third-order valence-corrected chi connectivity index (χ3v) is 3.49. The molecule has 0 saturated carbocycles. The average molecular weight is 343 g/mol. The summed E-state index contributed by atoms with van der Waals surface area (Å²) in [6.45, 7) is 11.4. The monoisotopic (exact) mass is 343 g/mol. The van der Waals surface area contributed by atoms with Gasteiger partial charge in [-0.3, -0.25) is 9.89 Å². The lowest BCUT2D eigenvalue weighted by atomic mass is 10.1. The summed E-state index contributed by atoms with van der Waals surface area (Å²) >= 11 is 0. The highest BCUT2D eigenvalue weighted by molar-refractivity contribution is 5.77. The van der Waals surface area contributed by atoms with Crippen molar-refractivity contribution in [3.8, 4) is 0 Å².